The summed E-state index contributed by atoms with van der Waals surface area (Å²) in [5, 5.41) is 3.07. The molecule has 1 amide bonds. The van der Waals surface area contributed by atoms with E-state index in [-0.39, 0.29) is 40.0 Å². The molecule has 0 unspecified atom stereocenters. The Hall–Kier alpha value is -2.73. The molecule has 5 nitrogen and oxygen atoms in total. The number of rotatable bonds is 8. The van der Waals surface area contributed by atoms with Crippen LogP contribution in [0.1, 0.15) is 31.2 Å². The van der Waals surface area contributed by atoms with E-state index in [0.29, 0.717) is 6.42 Å². The van der Waals surface area contributed by atoms with Crippen molar-refractivity contribution >= 4 is 29.4 Å². The van der Waals surface area contributed by atoms with Gasteiger partial charge in [0, 0.05) is 36.5 Å². The molecule has 3 fully saturated rings. The Morgan fingerprint density at radius 3 is 2.76 bits per heavy atom. The second-order valence-electron chi connectivity index (χ2n) is 8.00. The Balaban J connectivity index is 1.20. The zero-order chi connectivity index (χ0) is 20.5. The van der Waals surface area contributed by atoms with Crippen LogP contribution in [0.3, 0.4) is 0 Å². The molecule has 3 saturated carbocycles. The Bertz CT molecular complexity index is 958. The maximum absolute atomic E-state index is 13.4. The van der Waals surface area contributed by atoms with Crippen molar-refractivity contribution in [3.8, 4) is 5.75 Å². The summed E-state index contributed by atoms with van der Waals surface area (Å²) in [5.74, 6) is -0.466. The molecule has 3 aliphatic rings. The first-order valence-electron chi connectivity index (χ1n) is 9.37. The number of ketones is 1. The maximum atomic E-state index is 13.4. The SMILES string of the molecule is O=C(COc1ccc(Cl)c(F)c1)CC12CC(NC(=O)/C=C/c3cccnc3)(C1)C2. The van der Waals surface area contributed by atoms with E-state index in [1.807, 2.05) is 12.1 Å². The summed E-state index contributed by atoms with van der Waals surface area (Å²) in [4.78, 5) is 28.4. The number of nitrogens with zero attached hydrogens (tertiary/aromatic N) is 1. The van der Waals surface area contributed by atoms with Crippen molar-refractivity contribution in [2.75, 3.05) is 6.61 Å². The minimum absolute atomic E-state index is 0.0140. The van der Waals surface area contributed by atoms with Crippen LogP contribution in [0.2, 0.25) is 5.02 Å². The van der Waals surface area contributed by atoms with E-state index in [1.54, 1.807) is 18.5 Å². The van der Waals surface area contributed by atoms with Gasteiger partial charge in [-0.2, -0.15) is 0 Å². The maximum Gasteiger partial charge on any atom is 0.244 e. The number of halogens is 2. The zero-order valence-corrected chi connectivity index (χ0v) is 16.4. The van der Waals surface area contributed by atoms with E-state index < -0.39 is 5.82 Å². The largest absolute Gasteiger partial charge is 0.486 e. The summed E-state index contributed by atoms with van der Waals surface area (Å²) in [6.07, 6.45) is 9.41. The van der Waals surface area contributed by atoms with Gasteiger partial charge in [-0.1, -0.05) is 17.7 Å². The Kier molecular flexibility index (Phi) is 5.13. The number of benzene rings is 1. The number of hydrogen-bond donors (Lipinski definition) is 1. The second-order valence-corrected chi connectivity index (χ2v) is 8.41. The minimum atomic E-state index is -0.578. The lowest BCUT2D eigenvalue weighted by molar-refractivity contribution is -0.171. The average Bonchev–Trinajstić information content (AvgIpc) is 2.65. The molecule has 2 aromatic rings. The Labute approximate surface area is 172 Å². The monoisotopic (exact) mass is 414 g/mol. The third-order valence-corrected chi connectivity index (χ3v) is 5.81. The number of hydrogen-bond acceptors (Lipinski definition) is 4. The smallest absolute Gasteiger partial charge is 0.244 e. The quantitative estimate of drug-likeness (QED) is 0.664. The molecule has 0 aliphatic heterocycles. The van der Waals surface area contributed by atoms with Gasteiger partial charge in [0.15, 0.2) is 5.78 Å². The number of ether oxygens (including phenoxy) is 1. The molecule has 0 radical (unpaired) electrons. The molecule has 5 rings (SSSR count). The topological polar surface area (TPSA) is 68.3 Å². The Morgan fingerprint density at radius 1 is 1.28 bits per heavy atom. The van der Waals surface area contributed by atoms with Gasteiger partial charge in [0.2, 0.25) is 5.91 Å². The molecular weight excluding hydrogens is 395 g/mol. The summed E-state index contributed by atoms with van der Waals surface area (Å²) in [7, 11) is 0. The number of Topliss-reactive ketones (excluding diaryl/α,β-unsaturated/α-hetero) is 1. The summed E-state index contributed by atoms with van der Waals surface area (Å²) in [6.45, 7) is -0.101. The first-order valence-corrected chi connectivity index (χ1v) is 9.75. The lowest BCUT2D eigenvalue weighted by Gasteiger charge is -2.70. The van der Waals surface area contributed by atoms with E-state index >= 15 is 0 Å². The van der Waals surface area contributed by atoms with Crippen LogP contribution in [-0.4, -0.2) is 28.8 Å². The van der Waals surface area contributed by atoms with Crippen LogP contribution in [0.4, 0.5) is 4.39 Å². The highest BCUT2D eigenvalue weighted by Gasteiger charge is 2.68. The predicted molar refractivity (Wildman–Crippen MR) is 107 cm³/mol. The van der Waals surface area contributed by atoms with Gasteiger partial charge in [-0.05, 0) is 54.5 Å². The van der Waals surface area contributed by atoms with Crippen LogP contribution in [0.15, 0.2) is 48.8 Å². The van der Waals surface area contributed by atoms with Crippen molar-refractivity contribution in [1.82, 2.24) is 10.3 Å². The van der Waals surface area contributed by atoms with Crippen molar-refractivity contribution in [2.45, 2.75) is 31.2 Å². The summed E-state index contributed by atoms with van der Waals surface area (Å²) in [5.41, 5.74) is 0.644. The van der Waals surface area contributed by atoms with Gasteiger partial charge >= 0.3 is 0 Å². The molecule has 0 atom stereocenters. The van der Waals surface area contributed by atoms with Crippen LogP contribution in [0.25, 0.3) is 6.08 Å². The molecule has 0 spiro atoms. The fourth-order valence-electron chi connectivity index (χ4n) is 4.47. The van der Waals surface area contributed by atoms with Crippen molar-refractivity contribution in [3.63, 3.8) is 0 Å². The molecule has 1 aromatic heterocycles. The molecule has 1 heterocycles. The molecule has 2 bridgehead atoms. The lowest BCUT2D eigenvalue weighted by Crippen LogP contribution is -2.74. The van der Waals surface area contributed by atoms with E-state index in [0.717, 1.165) is 24.8 Å². The molecular formula is C22H20ClFN2O3. The van der Waals surface area contributed by atoms with Gasteiger partial charge in [0.05, 0.1) is 5.02 Å². The fraction of sp³-hybridized carbons (Fsp3) is 0.318. The molecule has 29 heavy (non-hydrogen) atoms. The Morgan fingerprint density at radius 2 is 2.07 bits per heavy atom. The van der Waals surface area contributed by atoms with Gasteiger partial charge in [0.25, 0.3) is 0 Å². The number of pyridine rings is 1. The van der Waals surface area contributed by atoms with Crippen LogP contribution in [-0.2, 0) is 9.59 Å². The van der Waals surface area contributed by atoms with E-state index in [2.05, 4.69) is 10.3 Å². The van der Waals surface area contributed by atoms with Crippen LogP contribution in [0, 0.1) is 11.2 Å². The number of carbonyl (C=O) groups is 2. The average molecular weight is 415 g/mol. The summed E-state index contributed by atoms with van der Waals surface area (Å²) < 4.78 is 18.8. The minimum Gasteiger partial charge on any atom is -0.486 e. The highest BCUT2D eigenvalue weighted by molar-refractivity contribution is 6.30. The van der Waals surface area contributed by atoms with Gasteiger partial charge in [-0.25, -0.2) is 4.39 Å². The molecule has 1 N–H and O–H groups in total. The van der Waals surface area contributed by atoms with Gasteiger partial charge in [-0.3, -0.25) is 14.6 Å². The van der Waals surface area contributed by atoms with E-state index in [4.69, 9.17) is 16.3 Å². The fourth-order valence-corrected chi connectivity index (χ4v) is 4.59. The van der Waals surface area contributed by atoms with Gasteiger partial charge < -0.3 is 10.1 Å². The third-order valence-electron chi connectivity index (χ3n) is 5.50. The molecule has 0 saturated heterocycles. The number of amides is 1. The standard InChI is InChI=1S/C22H20ClFN2O3/c23-18-5-4-17(8-19(18)24)29-11-16(27)9-21-12-22(13-21,14-21)26-20(28)6-3-15-2-1-7-25-10-15/h1-8,10H,9,11-14H2,(H,26,28)/b6-3+. The highest BCUT2D eigenvalue weighted by Crippen LogP contribution is 2.69. The molecule has 150 valence electrons. The highest BCUT2D eigenvalue weighted by atomic mass is 35.5. The molecule has 7 heteroatoms. The van der Waals surface area contributed by atoms with Crippen molar-refractivity contribution in [1.29, 1.82) is 0 Å². The molecule has 3 aliphatic carbocycles. The lowest BCUT2D eigenvalue weighted by atomic mass is 9.38. The van der Waals surface area contributed by atoms with Crippen LogP contribution < -0.4 is 10.1 Å². The summed E-state index contributed by atoms with van der Waals surface area (Å²) in [6, 6.07) is 7.78. The first kappa shape index (κ1) is 19.6. The van der Waals surface area contributed by atoms with Crippen molar-refractivity contribution in [2.24, 2.45) is 5.41 Å². The van der Waals surface area contributed by atoms with Crippen molar-refractivity contribution < 1.29 is 18.7 Å². The second kappa shape index (κ2) is 7.59. The van der Waals surface area contributed by atoms with E-state index in [1.165, 1.54) is 24.3 Å². The predicted octanol–water partition coefficient (Wildman–Crippen LogP) is 3.96. The van der Waals surface area contributed by atoms with Gasteiger partial charge in [-0.15, -0.1) is 0 Å². The van der Waals surface area contributed by atoms with Crippen LogP contribution >= 0.6 is 11.6 Å². The first-order chi connectivity index (χ1) is 13.9. The van der Waals surface area contributed by atoms with Gasteiger partial charge in [0.1, 0.15) is 18.2 Å². The van der Waals surface area contributed by atoms with Crippen molar-refractivity contribution in [3.05, 3.63) is 65.2 Å². The van der Waals surface area contributed by atoms with E-state index in [9.17, 15) is 14.0 Å². The normalized spacial score (nSPS) is 24.5. The number of carbonyl (C=O) groups excluding carboxylic acids is 2. The summed E-state index contributed by atoms with van der Waals surface area (Å²) >= 11 is 5.63. The number of aromatic nitrogens is 1. The zero-order valence-electron chi connectivity index (χ0n) is 15.7. The van der Waals surface area contributed by atoms with Crippen LogP contribution in [0.5, 0.6) is 5.75 Å². The molecule has 1 aromatic carbocycles. The number of nitrogens with one attached hydrogen (secondary N) is 1. The third kappa shape index (κ3) is 4.32.